The molecule has 0 aliphatic rings. The van der Waals surface area contributed by atoms with Gasteiger partial charge in [-0.15, -0.1) is 23.2 Å². The lowest BCUT2D eigenvalue weighted by Crippen LogP contribution is -2.27. The first-order chi connectivity index (χ1) is 33.3. The number of carboxylic acids is 1. The number of nitrogens with zero attached hydrogens (tertiary/aromatic N) is 2. The number of primary sulfonamides is 2. The third kappa shape index (κ3) is 26.5. The molecule has 0 atom stereocenters. The summed E-state index contributed by atoms with van der Waals surface area (Å²) in [5.74, 6) is -2.16. The molecular formula is C47H66Cl3N7O12S2. The number of nitrogens with one attached hydrogen (secondary N) is 3. The number of halogens is 3. The number of hydrogen-bond donors (Lipinski definition) is 6. The molecule has 4 aromatic rings. The van der Waals surface area contributed by atoms with Gasteiger partial charge in [0.15, 0.2) is 12.4 Å². The average molecular weight is 1090 g/mol. The number of esters is 1. The predicted octanol–water partition coefficient (Wildman–Crippen LogP) is 6.56. The molecule has 2 amide bonds. The Morgan fingerprint density at radius 3 is 1.54 bits per heavy atom. The molecule has 0 radical (unpaired) electrons. The number of benzene rings is 4. The summed E-state index contributed by atoms with van der Waals surface area (Å²) in [5.41, 5.74) is 1.97. The number of para-hydroxylation sites is 1. The van der Waals surface area contributed by atoms with Crippen LogP contribution in [0.15, 0.2) is 94.7 Å². The van der Waals surface area contributed by atoms with Crippen molar-refractivity contribution < 1.29 is 55.4 Å². The van der Waals surface area contributed by atoms with Crippen LogP contribution in [0, 0.1) is 0 Å². The Morgan fingerprint density at radius 2 is 1.13 bits per heavy atom. The highest BCUT2D eigenvalue weighted by atomic mass is 35.5. The van der Waals surface area contributed by atoms with Gasteiger partial charge in [-0.3, -0.25) is 14.4 Å². The van der Waals surface area contributed by atoms with E-state index < -0.39 is 49.7 Å². The highest BCUT2D eigenvalue weighted by Gasteiger charge is 2.25. The maximum absolute atomic E-state index is 12.5. The van der Waals surface area contributed by atoms with E-state index in [9.17, 15) is 45.9 Å². The Balaban J connectivity index is 0.00000108. The van der Waals surface area contributed by atoms with Crippen molar-refractivity contribution in [3.05, 3.63) is 107 Å². The molecule has 24 heteroatoms. The number of aromatic carboxylic acids is 1. The highest BCUT2D eigenvalue weighted by Crippen LogP contribution is 2.37. The second kappa shape index (κ2) is 34.7. The van der Waals surface area contributed by atoms with Crippen LogP contribution in [-0.4, -0.2) is 134 Å². The number of unbranched alkanes of at least 4 members (excludes halogenated alkanes) is 2. The number of anilines is 2. The molecule has 0 saturated heterocycles. The molecule has 0 saturated carbocycles. The highest BCUT2D eigenvalue weighted by molar-refractivity contribution is 7.89. The number of alkyl halides is 2. The minimum atomic E-state index is -4.26. The van der Waals surface area contributed by atoms with Crippen LogP contribution in [0.2, 0.25) is 0 Å². The van der Waals surface area contributed by atoms with Gasteiger partial charge < -0.3 is 40.3 Å². The van der Waals surface area contributed by atoms with E-state index in [2.05, 4.69) is 16.0 Å². The molecule has 0 spiro atoms. The fourth-order valence-corrected chi connectivity index (χ4v) is 6.95. The molecule has 0 unspecified atom stereocenters. The Labute approximate surface area is 432 Å². The van der Waals surface area contributed by atoms with E-state index in [1.54, 1.807) is 44.4 Å². The van der Waals surface area contributed by atoms with Gasteiger partial charge in [0.05, 0.1) is 27.6 Å². The summed E-state index contributed by atoms with van der Waals surface area (Å²) in [5, 5.41) is 28.6. The molecule has 0 fully saturated rings. The number of likely N-dealkylation sites (N-methyl/N-ethyl adjacent to an activating group) is 1. The van der Waals surface area contributed by atoms with Crippen molar-refractivity contribution in [1.29, 1.82) is 0 Å². The van der Waals surface area contributed by atoms with Gasteiger partial charge >= 0.3 is 11.9 Å². The third-order valence-electron chi connectivity index (χ3n) is 8.78. The molecule has 19 nitrogen and oxygen atoms in total. The van der Waals surface area contributed by atoms with Crippen LogP contribution in [0.25, 0.3) is 0 Å². The van der Waals surface area contributed by atoms with E-state index in [0.717, 1.165) is 43.4 Å². The second-order valence-electron chi connectivity index (χ2n) is 15.2. The molecule has 71 heavy (non-hydrogen) atoms. The van der Waals surface area contributed by atoms with Crippen LogP contribution in [0.1, 0.15) is 71.4 Å². The zero-order chi connectivity index (χ0) is 54.3. The van der Waals surface area contributed by atoms with Crippen molar-refractivity contribution in [3.8, 4) is 11.5 Å². The lowest BCUT2D eigenvalue weighted by atomic mass is 10.0. The van der Waals surface area contributed by atoms with Gasteiger partial charge in [-0.05, 0) is 86.1 Å². The molecule has 0 bridgehead atoms. The van der Waals surface area contributed by atoms with E-state index in [1.807, 2.05) is 58.3 Å². The van der Waals surface area contributed by atoms with Gasteiger partial charge in [0.1, 0.15) is 16.5 Å². The number of hydrogen-bond acceptors (Lipinski definition) is 14. The SMILES string of the molecule is CCCCNc1cc(C(=O)O)cc(S(N)(=O)=O)c1Cc1ccccc1.CCCCNc1cc(C(=O)OCC(=O)N(C)C)cc(S(N)(=O)=O)c1Oc1ccccc1.CN(C)C(=O)CCl.CNC.O=C(Cl)CCl. The van der Waals surface area contributed by atoms with E-state index in [1.165, 1.54) is 36.0 Å². The van der Waals surface area contributed by atoms with Crippen LogP contribution in [-0.2, 0) is 45.6 Å². The van der Waals surface area contributed by atoms with Crippen molar-refractivity contribution in [2.24, 2.45) is 10.3 Å². The van der Waals surface area contributed by atoms with Gasteiger partial charge in [0, 0.05) is 53.4 Å². The molecule has 0 aliphatic carbocycles. The number of ether oxygens (including phenoxy) is 2. The second-order valence-corrected chi connectivity index (χ2v) is 19.2. The standard InChI is InChI=1S/C21H27N3O6S.C18H22N2O4S.C4H8ClNO.C2H2Cl2O.C2H7N/c1-4-5-11-23-17-12-15(21(26)29-14-19(25)24(2)3)13-18(31(22,27)28)20(17)30-16-9-7-6-8-10-16;1-2-3-9-20-16-11-14(18(21)22)12-17(25(19,23)24)15(16)10-13-7-5-4-6-8-13;1-6(2)4(7)3-5;3-1-2(4)5;1-3-2/h6-10,12-13,23H,4-5,11,14H2,1-3H3,(H2,22,27,28);4-8,11-12,20H,2-3,9-10H2,1H3,(H,21,22)(H2,19,23,24);3H2,1-2H3;1H2;3H,1-2H3. The van der Waals surface area contributed by atoms with Crippen LogP contribution in [0.5, 0.6) is 11.5 Å². The first kappa shape index (κ1) is 65.5. The molecule has 394 valence electrons. The smallest absolute Gasteiger partial charge is 0.338 e. The number of nitrogens with two attached hydrogens (primary N) is 2. The third-order valence-corrected chi connectivity index (χ3v) is 11.4. The number of carbonyl (C=O) groups excluding carboxylic acids is 4. The Bertz CT molecular complexity index is 2520. The number of carbonyl (C=O) groups is 5. The Hall–Kier alpha value is -5.52. The van der Waals surface area contributed by atoms with Gasteiger partial charge in [-0.2, -0.15) is 0 Å². The largest absolute Gasteiger partial charge is 0.478 e. The fourth-order valence-electron chi connectivity index (χ4n) is 5.20. The van der Waals surface area contributed by atoms with Gasteiger partial charge in [-0.25, -0.2) is 36.7 Å². The molecule has 8 N–H and O–H groups in total. The van der Waals surface area contributed by atoms with Crippen LogP contribution >= 0.6 is 34.8 Å². The lowest BCUT2D eigenvalue weighted by Gasteiger charge is -2.18. The first-order valence-corrected chi connectivity index (χ1v) is 26.2. The maximum atomic E-state index is 12.5. The Morgan fingerprint density at radius 1 is 0.676 bits per heavy atom. The number of amides is 2. The van der Waals surface area contributed by atoms with Gasteiger partial charge in [-0.1, -0.05) is 75.2 Å². The molecule has 0 aliphatic heterocycles. The quantitative estimate of drug-likeness (QED) is 0.0237. The summed E-state index contributed by atoms with van der Waals surface area (Å²) in [4.78, 5) is 57.5. The van der Waals surface area contributed by atoms with Crippen molar-refractivity contribution in [2.45, 2.75) is 55.7 Å². The van der Waals surface area contributed by atoms with E-state index >= 15 is 0 Å². The summed E-state index contributed by atoms with van der Waals surface area (Å²) in [6, 6.07) is 23.1. The Kier molecular flexibility index (Phi) is 32.0. The summed E-state index contributed by atoms with van der Waals surface area (Å²) in [6.07, 6.45) is 3.88. The van der Waals surface area contributed by atoms with E-state index in [-0.39, 0.29) is 50.0 Å². The monoisotopic (exact) mass is 1090 g/mol. The zero-order valence-electron chi connectivity index (χ0n) is 41.1. The van der Waals surface area contributed by atoms with Crippen molar-refractivity contribution in [1.82, 2.24) is 15.1 Å². The lowest BCUT2D eigenvalue weighted by molar-refractivity contribution is -0.132. The number of sulfonamides is 2. The van der Waals surface area contributed by atoms with E-state index in [4.69, 9.17) is 54.6 Å². The summed E-state index contributed by atoms with van der Waals surface area (Å²) < 4.78 is 59.6. The van der Waals surface area contributed by atoms with Gasteiger partial charge in [0.25, 0.3) is 5.91 Å². The fraction of sp³-hybridized carbons (Fsp3) is 0.383. The van der Waals surface area contributed by atoms with E-state index in [0.29, 0.717) is 36.5 Å². The van der Waals surface area contributed by atoms with Crippen LogP contribution in [0.4, 0.5) is 11.4 Å². The molecule has 0 heterocycles. The van der Waals surface area contributed by atoms with Crippen LogP contribution in [0.3, 0.4) is 0 Å². The average Bonchev–Trinajstić information content (AvgIpc) is 3.31. The molecular weight excluding hydrogens is 1030 g/mol. The normalized spacial score (nSPS) is 10.4. The predicted molar refractivity (Wildman–Crippen MR) is 280 cm³/mol. The summed E-state index contributed by atoms with van der Waals surface area (Å²) in [6.45, 7) is 4.70. The molecule has 0 aromatic heterocycles. The topological polar surface area (TPSA) is 287 Å². The first-order valence-electron chi connectivity index (χ1n) is 21.7. The minimum Gasteiger partial charge on any atom is -0.478 e. The van der Waals surface area contributed by atoms with Crippen molar-refractivity contribution in [2.75, 3.05) is 84.4 Å². The molecule has 4 rings (SSSR count). The number of rotatable bonds is 20. The zero-order valence-corrected chi connectivity index (χ0v) is 45.0. The van der Waals surface area contributed by atoms with Crippen molar-refractivity contribution in [3.63, 3.8) is 0 Å². The maximum Gasteiger partial charge on any atom is 0.338 e. The molecule has 4 aromatic carbocycles. The summed E-state index contributed by atoms with van der Waals surface area (Å²) >= 11 is 14.7. The van der Waals surface area contributed by atoms with Crippen molar-refractivity contribution >= 4 is 95.2 Å². The number of carboxylic acid groups (broad SMARTS) is 1. The van der Waals surface area contributed by atoms with Crippen LogP contribution < -0.4 is 31.0 Å². The summed E-state index contributed by atoms with van der Waals surface area (Å²) in [7, 11) is 1.83. The van der Waals surface area contributed by atoms with Gasteiger partial charge in [0.2, 0.25) is 31.2 Å². The minimum absolute atomic E-state index is 0.0225.